The number of amides is 2. The topological polar surface area (TPSA) is 77.0 Å². The summed E-state index contributed by atoms with van der Waals surface area (Å²) < 4.78 is 0. The van der Waals surface area contributed by atoms with Gasteiger partial charge in [-0.05, 0) is 38.2 Å². The monoisotopic (exact) mass is 529 g/mol. The van der Waals surface area contributed by atoms with Crippen molar-refractivity contribution < 1.29 is 9.59 Å². The molecule has 168 valence electrons. The summed E-state index contributed by atoms with van der Waals surface area (Å²) in [5.41, 5.74) is 1.12. The van der Waals surface area contributed by atoms with E-state index >= 15 is 0 Å². The van der Waals surface area contributed by atoms with Crippen molar-refractivity contribution in [2.75, 3.05) is 39.8 Å². The van der Waals surface area contributed by atoms with Crippen LogP contribution in [0, 0.1) is 5.92 Å². The van der Waals surface area contributed by atoms with E-state index in [1.807, 2.05) is 49.1 Å². The first-order valence-corrected chi connectivity index (χ1v) is 10.6. The van der Waals surface area contributed by atoms with Crippen LogP contribution >= 0.6 is 24.0 Å². The van der Waals surface area contributed by atoms with Gasteiger partial charge >= 0.3 is 0 Å². The molecule has 30 heavy (non-hydrogen) atoms. The smallest absolute Gasteiger partial charge is 0.244 e. The van der Waals surface area contributed by atoms with Crippen molar-refractivity contribution in [2.24, 2.45) is 10.9 Å². The van der Waals surface area contributed by atoms with Crippen LogP contribution < -0.4 is 10.6 Å². The number of halogens is 1. The SMILES string of the molecule is CCNC(=NCC(=O)N(CC)Cc1ccccc1)N1CCC(CC(=O)NC)CC1.I. The van der Waals surface area contributed by atoms with Crippen LogP contribution in [0.1, 0.15) is 38.7 Å². The maximum Gasteiger partial charge on any atom is 0.244 e. The van der Waals surface area contributed by atoms with E-state index in [0.29, 0.717) is 25.4 Å². The number of guanidine groups is 1. The summed E-state index contributed by atoms with van der Waals surface area (Å²) in [6, 6.07) is 10.0. The molecule has 1 fully saturated rings. The predicted molar refractivity (Wildman–Crippen MR) is 132 cm³/mol. The zero-order valence-electron chi connectivity index (χ0n) is 18.4. The van der Waals surface area contributed by atoms with E-state index in [4.69, 9.17) is 0 Å². The Labute approximate surface area is 197 Å². The number of nitrogens with one attached hydrogen (secondary N) is 2. The Morgan fingerprint density at radius 1 is 1.17 bits per heavy atom. The lowest BCUT2D eigenvalue weighted by Gasteiger charge is -2.34. The third-order valence-corrected chi connectivity index (χ3v) is 5.32. The quantitative estimate of drug-likeness (QED) is 0.308. The molecule has 1 aromatic rings. The van der Waals surface area contributed by atoms with E-state index in [9.17, 15) is 9.59 Å². The van der Waals surface area contributed by atoms with Crippen molar-refractivity contribution in [3.63, 3.8) is 0 Å². The number of carbonyl (C=O) groups excluding carboxylic acids is 2. The van der Waals surface area contributed by atoms with Crippen molar-refractivity contribution in [1.82, 2.24) is 20.4 Å². The second-order valence-electron chi connectivity index (χ2n) is 7.37. The Kier molecular flexibility index (Phi) is 12.4. The highest BCUT2D eigenvalue weighted by Gasteiger charge is 2.23. The molecule has 1 saturated heterocycles. The third kappa shape index (κ3) is 8.49. The van der Waals surface area contributed by atoms with Crippen LogP contribution in [0.25, 0.3) is 0 Å². The molecule has 7 nitrogen and oxygen atoms in total. The average Bonchev–Trinajstić information content (AvgIpc) is 2.76. The fraction of sp³-hybridized carbons (Fsp3) is 0.591. The summed E-state index contributed by atoms with van der Waals surface area (Å²) in [7, 11) is 1.68. The lowest BCUT2D eigenvalue weighted by molar-refractivity contribution is -0.130. The van der Waals surface area contributed by atoms with Gasteiger partial charge in [0.15, 0.2) is 5.96 Å². The van der Waals surface area contributed by atoms with Gasteiger partial charge < -0.3 is 20.4 Å². The third-order valence-electron chi connectivity index (χ3n) is 5.32. The minimum absolute atomic E-state index is 0. The van der Waals surface area contributed by atoms with Crippen LogP contribution in [0.5, 0.6) is 0 Å². The number of aliphatic imine (C=N–C) groups is 1. The molecule has 0 bridgehead atoms. The molecule has 1 aromatic carbocycles. The van der Waals surface area contributed by atoms with Gasteiger partial charge in [0.05, 0.1) is 0 Å². The van der Waals surface area contributed by atoms with Crippen LogP contribution in [0.15, 0.2) is 35.3 Å². The maximum absolute atomic E-state index is 12.7. The van der Waals surface area contributed by atoms with Crippen molar-refractivity contribution in [3.05, 3.63) is 35.9 Å². The Hall–Kier alpha value is -1.84. The molecule has 8 heteroatoms. The molecular formula is C22H36IN5O2. The van der Waals surface area contributed by atoms with E-state index in [-0.39, 0.29) is 42.3 Å². The normalized spacial score (nSPS) is 14.6. The van der Waals surface area contributed by atoms with Crippen molar-refractivity contribution in [1.29, 1.82) is 0 Å². The zero-order chi connectivity index (χ0) is 21.1. The number of likely N-dealkylation sites (N-methyl/N-ethyl adjacent to an activating group) is 1. The minimum Gasteiger partial charge on any atom is -0.359 e. The minimum atomic E-state index is 0. The second-order valence-corrected chi connectivity index (χ2v) is 7.37. The number of benzene rings is 1. The summed E-state index contributed by atoms with van der Waals surface area (Å²) in [5, 5.41) is 6.01. The Balaban J connectivity index is 0.00000450. The summed E-state index contributed by atoms with van der Waals surface area (Å²) >= 11 is 0. The summed E-state index contributed by atoms with van der Waals surface area (Å²) in [6.45, 7) is 7.88. The fourth-order valence-electron chi connectivity index (χ4n) is 3.56. The first-order valence-electron chi connectivity index (χ1n) is 10.6. The molecule has 2 amide bonds. The van der Waals surface area contributed by atoms with Crippen molar-refractivity contribution in [3.8, 4) is 0 Å². The number of carbonyl (C=O) groups is 2. The molecule has 1 heterocycles. The first kappa shape index (κ1) is 26.2. The van der Waals surface area contributed by atoms with Gasteiger partial charge in [0.2, 0.25) is 11.8 Å². The van der Waals surface area contributed by atoms with Crippen molar-refractivity contribution in [2.45, 2.75) is 39.7 Å². The molecule has 0 unspecified atom stereocenters. The van der Waals surface area contributed by atoms with Gasteiger partial charge in [-0.15, -0.1) is 24.0 Å². The Bertz CT molecular complexity index is 675. The Morgan fingerprint density at radius 2 is 1.83 bits per heavy atom. The second kappa shape index (κ2) is 14.2. The van der Waals surface area contributed by atoms with Gasteiger partial charge in [0, 0.05) is 46.2 Å². The van der Waals surface area contributed by atoms with Crippen LogP contribution in [0.3, 0.4) is 0 Å². The molecule has 2 rings (SSSR count). The molecule has 0 aromatic heterocycles. The van der Waals surface area contributed by atoms with Crippen LogP contribution in [-0.4, -0.2) is 67.3 Å². The highest BCUT2D eigenvalue weighted by atomic mass is 127. The molecule has 0 spiro atoms. The Morgan fingerprint density at radius 3 is 2.40 bits per heavy atom. The first-order chi connectivity index (χ1) is 14.1. The largest absolute Gasteiger partial charge is 0.359 e. The average molecular weight is 529 g/mol. The molecular weight excluding hydrogens is 493 g/mol. The predicted octanol–water partition coefficient (Wildman–Crippen LogP) is 2.47. The van der Waals surface area contributed by atoms with Crippen LogP contribution in [0.2, 0.25) is 0 Å². The van der Waals surface area contributed by atoms with E-state index < -0.39 is 0 Å². The standard InChI is InChI=1S/C22H35N5O2.HI/c1-4-24-22(27-13-11-18(12-14-27)15-20(28)23-3)25-16-21(29)26(5-2)17-19-9-7-6-8-10-19;/h6-10,18H,4-5,11-17H2,1-3H3,(H,23,28)(H,24,25);1H. The molecule has 0 aliphatic carbocycles. The van der Waals surface area contributed by atoms with E-state index in [0.717, 1.165) is 44.0 Å². The van der Waals surface area contributed by atoms with Crippen LogP contribution in [-0.2, 0) is 16.1 Å². The lowest BCUT2D eigenvalue weighted by atomic mass is 9.93. The van der Waals surface area contributed by atoms with Gasteiger partial charge in [-0.3, -0.25) is 9.59 Å². The van der Waals surface area contributed by atoms with Gasteiger partial charge in [0.1, 0.15) is 6.54 Å². The highest BCUT2D eigenvalue weighted by Crippen LogP contribution is 2.20. The van der Waals surface area contributed by atoms with Crippen molar-refractivity contribution >= 4 is 41.8 Å². The summed E-state index contributed by atoms with van der Waals surface area (Å²) in [5.74, 6) is 1.33. The molecule has 0 radical (unpaired) electrons. The molecule has 1 aliphatic rings. The number of hydrogen-bond acceptors (Lipinski definition) is 3. The molecule has 1 aliphatic heterocycles. The number of likely N-dealkylation sites (tertiary alicyclic amines) is 1. The molecule has 2 N–H and O–H groups in total. The van der Waals surface area contributed by atoms with E-state index in [1.54, 1.807) is 7.05 Å². The summed E-state index contributed by atoms with van der Waals surface area (Å²) in [4.78, 5) is 32.9. The number of rotatable bonds is 8. The van der Waals surface area contributed by atoms with Gasteiger partial charge in [0.25, 0.3) is 0 Å². The van der Waals surface area contributed by atoms with Gasteiger partial charge in [-0.2, -0.15) is 0 Å². The van der Waals surface area contributed by atoms with Gasteiger partial charge in [-0.25, -0.2) is 4.99 Å². The molecule has 0 atom stereocenters. The van der Waals surface area contributed by atoms with Crippen LogP contribution in [0.4, 0.5) is 0 Å². The van der Waals surface area contributed by atoms with E-state index in [1.165, 1.54) is 0 Å². The van der Waals surface area contributed by atoms with E-state index in [2.05, 4.69) is 20.5 Å². The number of hydrogen-bond donors (Lipinski definition) is 2. The molecule has 0 saturated carbocycles. The lowest BCUT2D eigenvalue weighted by Crippen LogP contribution is -2.46. The summed E-state index contributed by atoms with van der Waals surface area (Å²) in [6.07, 6.45) is 2.50. The number of nitrogens with zero attached hydrogens (tertiary/aromatic N) is 3. The highest BCUT2D eigenvalue weighted by molar-refractivity contribution is 14.0. The maximum atomic E-state index is 12.7. The zero-order valence-corrected chi connectivity index (χ0v) is 20.7. The fourth-order valence-corrected chi connectivity index (χ4v) is 3.56. The number of piperidine rings is 1. The van der Waals surface area contributed by atoms with Gasteiger partial charge in [-0.1, -0.05) is 30.3 Å².